The zero-order valence-electron chi connectivity index (χ0n) is 19.7. The highest BCUT2D eigenvalue weighted by molar-refractivity contribution is 6.21. The lowest BCUT2D eigenvalue weighted by Gasteiger charge is -2.37. The molecular formula is C25H33ClN4O4. The van der Waals surface area contributed by atoms with Crippen LogP contribution in [0, 0.1) is 11.8 Å². The van der Waals surface area contributed by atoms with Crippen molar-refractivity contribution in [3.05, 3.63) is 46.8 Å². The van der Waals surface area contributed by atoms with Gasteiger partial charge in [0.25, 0.3) is 0 Å². The predicted octanol–water partition coefficient (Wildman–Crippen LogP) is 1.93. The molecule has 1 aliphatic heterocycles. The molecule has 1 aromatic carbocycles. The third-order valence-corrected chi connectivity index (χ3v) is 7.26. The first-order valence-corrected chi connectivity index (χ1v) is 12.3. The molecule has 8 nitrogen and oxygen atoms in total. The van der Waals surface area contributed by atoms with E-state index in [2.05, 4.69) is 15.5 Å². The van der Waals surface area contributed by atoms with E-state index >= 15 is 0 Å². The summed E-state index contributed by atoms with van der Waals surface area (Å²) in [6, 6.07) is 2.51. The Kier molecular flexibility index (Phi) is 7.50. The monoisotopic (exact) mass is 488 g/mol. The van der Waals surface area contributed by atoms with Crippen molar-refractivity contribution in [3.8, 4) is 11.5 Å². The maximum atomic E-state index is 13.6. The van der Waals surface area contributed by atoms with Crippen LogP contribution in [-0.2, 0) is 0 Å². The standard InChI is InChI=1S/C25H33ClN4O4/c1-29(2)13-9-27-16-3-4-17(28-10-14-30-11-7-15(26)8-12-30)21-20(16)24(33)22-18(31)5-6-19(32)23(22)25(21)34/h3-6,15,20-21,27-28,31-32H,7-14H2,1-2H3. The van der Waals surface area contributed by atoms with Gasteiger partial charge in [-0.15, -0.1) is 11.6 Å². The topological polar surface area (TPSA) is 105 Å². The highest BCUT2D eigenvalue weighted by Crippen LogP contribution is 2.44. The number of nitrogens with zero attached hydrogens (tertiary/aromatic N) is 2. The summed E-state index contributed by atoms with van der Waals surface area (Å²) in [5.74, 6) is -2.88. The molecule has 34 heavy (non-hydrogen) atoms. The second kappa shape index (κ2) is 10.4. The molecule has 0 bridgehead atoms. The Balaban J connectivity index is 1.59. The Labute approximate surface area is 205 Å². The van der Waals surface area contributed by atoms with Crippen molar-refractivity contribution in [1.82, 2.24) is 20.4 Å². The number of alkyl halides is 1. The minimum atomic E-state index is -0.784. The maximum Gasteiger partial charge on any atom is 0.177 e. The van der Waals surface area contributed by atoms with Crippen LogP contribution in [0.4, 0.5) is 0 Å². The zero-order valence-corrected chi connectivity index (χ0v) is 20.4. The number of benzene rings is 1. The van der Waals surface area contributed by atoms with Crippen LogP contribution < -0.4 is 10.6 Å². The van der Waals surface area contributed by atoms with Crippen LogP contribution in [0.25, 0.3) is 0 Å². The van der Waals surface area contributed by atoms with Gasteiger partial charge in [0.15, 0.2) is 11.6 Å². The summed E-state index contributed by atoms with van der Waals surface area (Å²) in [4.78, 5) is 31.6. The number of likely N-dealkylation sites (tertiary alicyclic amines) is 1. The molecule has 4 N–H and O–H groups in total. The number of Topliss-reactive ketones (excluding diaryl/α,β-unsaturated/α-hetero) is 2. The van der Waals surface area contributed by atoms with Gasteiger partial charge in [0.1, 0.15) is 11.5 Å². The summed E-state index contributed by atoms with van der Waals surface area (Å²) in [5, 5.41) is 27.7. The van der Waals surface area contributed by atoms with Crippen LogP contribution in [0.5, 0.6) is 11.5 Å². The normalized spacial score (nSPS) is 23.3. The number of carbonyl (C=O) groups is 2. The molecule has 184 valence electrons. The molecule has 1 saturated heterocycles. The highest BCUT2D eigenvalue weighted by Gasteiger charge is 2.48. The molecule has 0 amide bonds. The van der Waals surface area contributed by atoms with E-state index in [9.17, 15) is 19.8 Å². The fourth-order valence-corrected chi connectivity index (χ4v) is 5.16. The van der Waals surface area contributed by atoms with Gasteiger partial charge < -0.3 is 30.6 Å². The lowest BCUT2D eigenvalue weighted by molar-refractivity contribution is 0.0769. The first kappa shape index (κ1) is 24.6. The minimum Gasteiger partial charge on any atom is -0.507 e. The Bertz CT molecular complexity index is 1010. The van der Waals surface area contributed by atoms with Crippen LogP contribution in [0.2, 0.25) is 0 Å². The van der Waals surface area contributed by atoms with E-state index in [0.29, 0.717) is 24.5 Å². The van der Waals surface area contributed by atoms with Crippen molar-refractivity contribution in [1.29, 1.82) is 0 Å². The second-order valence-corrected chi connectivity index (χ2v) is 10.1. The summed E-state index contributed by atoms with van der Waals surface area (Å²) >= 11 is 6.20. The molecule has 0 radical (unpaired) electrons. The third kappa shape index (κ3) is 4.94. The third-order valence-electron chi connectivity index (χ3n) is 6.83. The molecule has 2 unspecified atom stereocenters. The summed E-state index contributed by atoms with van der Waals surface area (Å²) in [7, 11) is 3.92. The van der Waals surface area contributed by atoms with E-state index in [4.69, 9.17) is 11.6 Å². The van der Waals surface area contributed by atoms with Gasteiger partial charge in [0.2, 0.25) is 0 Å². The van der Waals surface area contributed by atoms with Gasteiger partial charge in [0.05, 0.1) is 23.0 Å². The number of hydrogen-bond acceptors (Lipinski definition) is 8. The van der Waals surface area contributed by atoms with Gasteiger partial charge in [-0.05, 0) is 64.3 Å². The summed E-state index contributed by atoms with van der Waals surface area (Å²) in [6.07, 6.45) is 5.62. The first-order chi connectivity index (χ1) is 16.3. The largest absolute Gasteiger partial charge is 0.507 e. The number of ketones is 2. The Morgan fingerprint density at radius 3 is 1.94 bits per heavy atom. The molecule has 4 rings (SSSR count). The average Bonchev–Trinajstić information content (AvgIpc) is 2.80. The van der Waals surface area contributed by atoms with Gasteiger partial charge in [-0.2, -0.15) is 0 Å². The first-order valence-electron chi connectivity index (χ1n) is 11.8. The van der Waals surface area contributed by atoms with Gasteiger partial charge in [-0.25, -0.2) is 0 Å². The molecule has 0 aromatic heterocycles. The number of phenols is 2. The molecule has 0 saturated carbocycles. The van der Waals surface area contributed by atoms with Gasteiger partial charge in [-0.3, -0.25) is 9.59 Å². The lowest BCUT2D eigenvalue weighted by Crippen LogP contribution is -2.47. The van der Waals surface area contributed by atoms with E-state index in [-0.39, 0.29) is 39.6 Å². The lowest BCUT2D eigenvalue weighted by atomic mass is 9.68. The number of carbonyl (C=O) groups excluding carboxylic acids is 2. The molecule has 2 aliphatic carbocycles. The number of halogens is 1. The molecule has 1 aromatic rings. The Morgan fingerprint density at radius 2 is 1.44 bits per heavy atom. The number of allylic oxidation sites excluding steroid dienone is 4. The predicted molar refractivity (Wildman–Crippen MR) is 131 cm³/mol. The molecule has 1 fully saturated rings. The summed E-state index contributed by atoms with van der Waals surface area (Å²) < 4.78 is 0. The molecule has 3 aliphatic rings. The Hall–Kier alpha value is -2.55. The van der Waals surface area contributed by atoms with Crippen molar-refractivity contribution < 1.29 is 19.8 Å². The van der Waals surface area contributed by atoms with Crippen LogP contribution in [0.3, 0.4) is 0 Å². The van der Waals surface area contributed by atoms with E-state index < -0.39 is 11.8 Å². The van der Waals surface area contributed by atoms with Crippen molar-refractivity contribution in [2.75, 3.05) is 53.4 Å². The summed E-state index contributed by atoms with van der Waals surface area (Å²) in [6.45, 7) is 4.68. The highest BCUT2D eigenvalue weighted by atomic mass is 35.5. The van der Waals surface area contributed by atoms with Crippen molar-refractivity contribution >= 4 is 23.2 Å². The van der Waals surface area contributed by atoms with Crippen LogP contribution in [0.1, 0.15) is 33.6 Å². The number of phenolic OH excluding ortho intramolecular Hbond substituents is 2. The molecule has 0 spiro atoms. The Morgan fingerprint density at radius 1 is 0.941 bits per heavy atom. The number of likely N-dealkylation sites (N-methyl/N-ethyl adjacent to an activating group) is 1. The van der Waals surface area contributed by atoms with E-state index in [0.717, 1.165) is 39.0 Å². The van der Waals surface area contributed by atoms with Crippen molar-refractivity contribution in [3.63, 3.8) is 0 Å². The van der Waals surface area contributed by atoms with Gasteiger partial charge in [-0.1, -0.05) is 0 Å². The SMILES string of the molecule is CN(C)CCNC1=CC=C(NCCN2CCC(Cl)CC2)C2C(=O)c3c(O)ccc(O)c3C(=O)C12. The van der Waals surface area contributed by atoms with Crippen molar-refractivity contribution in [2.45, 2.75) is 18.2 Å². The number of nitrogens with one attached hydrogen (secondary N) is 2. The van der Waals surface area contributed by atoms with E-state index in [1.54, 1.807) is 0 Å². The van der Waals surface area contributed by atoms with Crippen LogP contribution in [0.15, 0.2) is 35.7 Å². The maximum absolute atomic E-state index is 13.6. The van der Waals surface area contributed by atoms with Gasteiger partial charge in [0, 0.05) is 43.0 Å². The quantitative estimate of drug-likeness (QED) is 0.325. The number of fused-ring (bicyclic) bond motifs is 2. The molecular weight excluding hydrogens is 456 g/mol. The molecule has 1 heterocycles. The van der Waals surface area contributed by atoms with Crippen molar-refractivity contribution in [2.24, 2.45) is 11.8 Å². The summed E-state index contributed by atoms with van der Waals surface area (Å²) in [5.41, 5.74) is 1.10. The van der Waals surface area contributed by atoms with Crippen LogP contribution in [-0.4, -0.2) is 90.3 Å². The second-order valence-electron chi connectivity index (χ2n) is 9.45. The smallest absolute Gasteiger partial charge is 0.177 e. The number of rotatable bonds is 8. The van der Waals surface area contributed by atoms with Crippen LogP contribution >= 0.6 is 11.6 Å². The zero-order chi connectivity index (χ0) is 24.4. The number of aromatic hydroxyl groups is 2. The minimum absolute atomic E-state index is 0.0994. The average molecular weight is 489 g/mol. The number of piperidine rings is 1. The molecule has 2 atom stereocenters. The number of hydrogen-bond donors (Lipinski definition) is 4. The van der Waals surface area contributed by atoms with E-state index in [1.165, 1.54) is 12.1 Å². The fourth-order valence-electron chi connectivity index (χ4n) is 4.97. The van der Waals surface area contributed by atoms with E-state index in [1.807, 2.05) is 31.1 Å². The molecule has 9 heteroatoms. The fraction of sp³-hybridized carbons (Fsp3) is 0.520. The van der Waals surface area contributed by atoms with Gasteiger partial charge >= 0.3 is 0 Å².